The van der Waals surface area contributed by atoms with E-state index in [2.05, 4.69) is 0 Å². The fourth-order valence-electron chi connectivity index (χ4n) is 4.35. The minimum absolute atomic E-state index is 0.0735. The van der Waals surface area contributed by atoms with E-state index < -0.39 is 5.97 Å². The van der Waals surface area contributed by atoms with Crippen molar-refractivity contribution in [3.8, 4) is 0 Å². The van der Waals surface area contributed by atoms with Crippen LogP contribution in [0.3, 0.4) is 0 Å². The second kappa shape index (κ2) is 10.3. The Kier molecular flexibility index (Phi) is 7.03. The Morgan fingerprint density at radius 3 is 2.42 bits per heavy atom. The number of rotatable bonds is 7. The van der Waals surface area contributed by atoms with Crippen LogP contribution in [0.1, 0.15) is 42.9 Å². The first kappa shape index (κ1) is 22.5. The largest absolute Gasteiger partial charge is 0.463 e. The molecule has 2 aromatic carbocycles. The molecule has 2 aromatic rings. The molecule has 0 aliphatic carbocycles. The lowest BCUT2D eigenvalue weighted by Gasteiger charge is -2.23. The first-order chi connectivity index (χ1) is 16.1. The molecular formula is C27H28N2O4. The van der Waals surface area contributed by atoms with Crippen LogP contribution in [0.15, 0.2) is 66.2 Å². The van der Waals surface area contributed by atoms with E-state index in [-0.39, 0.29) is 18.2 Å². The van der Waals surface area contributed by atoms with Crippen LogP contribution in [-0.4, -0.2) is 47.3 Å². The second-order valence-corrected chi connectivity index (χ2v) is 8.14. The van der Waals surface area contributed by atoms with Gasteiger partial charge in [-0.2, -0.15) is 0 Å². The normalized spacial score (nSPS) is 16.2. The first-order valence-electron chi connectivity index (χ1n) is 11.4. The molecule has 1 saturated heterocycles. The van der Waals surface area contributed by atoms with Gasteiger partial charge in [-0.05, 0) is 37.0 Å². The minimum Gasteiger partial charge on any atom is -0.463 e. The Morgan fingerprint density at radius 2 is 1.70 bits per heavy atom. The number of carbonyl (C=O) groups excluding carboxylic acids is 3. The topological polar surface area (TPSA) is 66.9 Å². The molecule has 0 bridgehead atoms. The van der Waals surface area contributed by atoms with Gasteiger partial charge in [-0.1, -0.05) is 54.6 Å². The van der Waals surface area contributed by atoms with Crippen molar-refractivity contribution in [3.05, 3.63) is 82.9 Å². The number of likely N-dealkylation sites (tertiary alicyclic amines) is 1. The van der Waals surface area contributed by atoms with Crippen LogP contribution in [0.25, 0.3) is 11.8 Å². The second-order valence-electron chi connectivity index (χ2n) is 8.14. The summed E-state index contributed by atoms with van der Waals surface area (Å²) < 4.78 is 5.01. The van der Waals surface area contributed by atoms with Crippen LogP contribution in [0.4, 0.5) is 0 Å². The van der Waals surface area contributed by atoms with Crippen molar-refractivity contribution in [1.82, 2.24) is 9.80 Å². The molecule has 4 rings (SSSR count). The van der Waals surface area contributed by atoms with Crippen LogP contribution >= 0.6 is 0 Å². The van der Waals surface area contributed by atoms with Gasteiger partial charge < -0.3 is 14.5 Å². The fourth-order valence-corrected chi connectivity index (χ4v) is 4.35. The maximum absolute atomic E-state index is 13.4. The lowest BCUT2D eigenvalue weighted by molar-refractivity contribution is -0.137. The molecule has 2 aliphatic rings. The number of hydrogen-bond acceptors (Lipinski definition) is 4. The zero-order valence-electron chi connectivity index (χ0n) is 18.8. The summed E-state index contributed by atoms with van der Waals surface area (Å²) in [5, 5.41) is 0. The molecular weight excluding hydrogens is 416 g/mol. The Balaban J connectivity index is 1.78. The minimum atomic E-state index is -0.432. The van der Waals surface area contributed by atoms with Crippen molar-refractivity contribution in [2.24, 2.45) is 0 Å². The highest BCUT2D eigenvalue weighted by atomic mass is 16.5. The molecule has 0 unspecified atom stereocenters. The van der Waals surface area contributed by atoms with E-state index in [0.717, 1.165) is 29.5 Å². The maximum Gasteiger partial charge on any atom is 0.330 e. The lowest BCUT2D eigenvalue weighted by Crippen LogP contribution is -2.29. The summed E-state index contributed by atoms with van der Waals surface area (Å²) in [5.41, 5.74) is 3.64. The summed E-state index contributed by atoms with van der Waals surface area (Å²) in [6, 6.07) is 17.3. The van der Waals surface area contributed by atoms with Gasteiger partial charge in [0.1, 0.15) is 0 Å². The van der Waals surface area contributed by atoms with Crippen molar-refractivity contribution >= 4 is 29.6 Å². The van der Waals surface area contributed by atoms with E-state index in [1.807, 2.05) is 59.5 Å². The molecule has 1 fully saturated rings. The molecule has 0 spiro atoms. The highest BCUT2D eigenvalue weighted by Gasteiger charge is 2.37. The van der Waals surface area contributed by atoms with E-state index >= 15 is 0 Å². The number of nitrogens with zero attached hydrogens (tertiary/aromatic N) is 2. The smallest absolute Gasteiger partial charge is 0.330 e. The number of amides is 2. The van der Waals surface area contributed by atoms with Crippen molar-refractivity contribution in [1.29, 1.82) is 0 Å². The molecule has 2 heterocycles. The third-order valence-electron chi connectivity index (χ3n) is 5.92. The molecule has 0 aromatic heterocycles. The molecule has 0 N–H and O–H groups in total. The summed E-state index contributed by atoms with van der Waals surface area (Å²) in [6.45, 7) is 3.86. The average molecular weight is 445 g/mol. The Morgan fingerprint density at radius 1 is 1.00 bits per heavy atom. The molecule has 170 valence electrons. The number of esters is 1. The maximum atomic E-state index is 13.4. The third-order valence-corrected chi connectivity index (χ3v) is 5.92. The average Bonchev–Trinajstić information content (AvgIpc) is 3.47. The summed E-state index contributed by atoms with van der Waals surface area (Å²) >= 11 is 0. The Hall–Kier alpha value is -3.67. The van der Waals surface area contributed by atoms with Crippen LogP contribution < -0.4 is 0 Å². The van der Waals surface area contributed by atoms with Crippen molar-refractivity contribution in [2.45, 2.75) is 32.7 Å². The van der Waals surface area contributed by atoms with Gasteiger partial charge >= 0.3 is 5.97 Å². The zero-order valence-corrected chi connectivity index (χ0v) is 18.8. The summed E-state index contributed by atoms with van der Waals surface area (Å²) in [5.74, 6) is -0.602. The van der Waals surface area contributed by atoms with Gasteiger partial charge in [0.25, 0.3) is 5.91 Å². The van der Waals surface area contributed by atoms with E-state index in [1.54, 1.807) is 17.9 Å². The van der Waals surface area contributed by atoms with Gasteiger partial charge in [0, 0.05) is 24.7 Å². The molecule has 0 radical (unpaired) electrons. The first-order valence-corrected chi connectivity index (χ1v) is 11.4. The summed E-state index contributed by atoms with van der Waals surface area (Å²) in [6.07, 6.45) is 5.10. The fraction of sp³-hybridized carbons (Fsp3) is 0.296. The molecule has 6 nitrogen and oxygen atoms in total. The van der Waals surface area contributed by atoms with E-state index in [1.165, 1.54) is 6.08 Å². The number of hydrogen-bond donors (Lipinski definition) is 0. The Bertz CT molecular complexity index is 1100. The van der Waals surface area contributed by atoms with E-state index in [9.17, 15) is 14.4 Å². The van der Waals surface area contributed by atoms with Crippen molar-refractivity contribution < 1.29 is 19.1 Å². The number of carbonyl (C=O) groups is 3. The molecule has 2 aliphatic heterocycles. The highest BCUT2D eigenvalue weighted by molar-refractivity contribution is 6.12. The van der Waals surface area contributed by atoms with Gasteiger partial charge in [0.2, 0.25) is 5.91 Å². The van der Waals surface area contributed by atoms with Crippen LogP contribution in [-0.2, 0) is 25.7 Å². The monoisotopic (exact) mass is 444 g/mol. The summed E-state index contributed by atoms with van der Waals surface area (Å²) in [4.78, 5) is 42.1. The van der Waals surface area contributed by atoms with Gasteiger partial charge in [0.05, 0.1) is 30.8 Å². The number of ether oxygens (including phenoxy) is 1. The quantitative estimate of drug-likeness (QED) is 0.478. The van der Waals surface area contributed by atoms with Crippen LogP contribution in [0.5, 0.6) is 0 Å². The SMILES string of the molecule is CCOC(=O)/C=C/c1ccccc1C1=C(C(=O)N2CCCC2)CC(=O)N1Cc1ccccc1. The van der Waals surface area contributed by atoms with Gasteiger partial charge in [-0.3, -0.25) is 9.59 Å². The standard InChI is InChI=1S/C27H28N2O4/c1-2-33-25(31)15-14-21-12-6-7-13-22(21)26-23(27(32)28-16-8-9-17-28)18-24(30)29(26)19-20-10-4-3-5-11-20/h3-7,10-15H,2,8-9,16-19H2,1H3/b15-14+. The zero-order chi connectivity index (χ0) is 23.2. The third kappa shape index (κ3) is 5.06. The van der Waals surface area contributed by atoms with Gasteiger partial charge in [-0.15, -0.1) is 0 Å². The predicted molar refractivity (Wildman–Crippen MR) is 126 cm³/mol. The lowest BCUT2D eigenvalue weighted by atomic mass is 9.99. The molecule has 33 heavy (non-hydrogen) atoms. The molecule has 0 saturated carbocycles. The van der Waals surface area contributed by atoms with Crippen molar-refractivity contribution in [3.63, 3.8) is 0 Å². The molecule has 6 heteroatoms. The van der Waals surface area contributed by atoms with Gasteiger partial charge in [0.15, 0.2) is 0 Å². The number of benzene rings is 2. The molecule has 2 amide bonds. The van der Waals surface area contributed by atoms with Crippen LogP contribution in [0, 0.1) is 0 Å². The van der Waals surface area contributed by atoms with E-state index in [4.69, 9.17) is 4.74 Å². The van der Waals surface area contributed by atoms with Crippen LogP contribution in [0.2, 0.25) is 0 Å². The highest BCUT2D eigenvalue weighted by Crippen LogP contribution is 2.37. The predicted octanol–water partition coefficient (Wildman–Crippen LogP) is 4.03. The Labute approximate surface area is 194 Å². The summed E-state index contributed by atoms with van der Waals surface area (Å²) in [7, 11) is 0. The van der Waals surface area contributed by atoms with Crippen molar-refractivity contribution in [2.75, 3.05) is 19.7 Å². The molecule has 0 atom stereocenters. The van der Waals surface area contributed by atoms with Gasteiger partial charge in [-0.25, -0.2) is 4.79 Å². The van der Waals surface area contributed by atoms with E-state index in [0.29, 0.717) is 37.5 Å².